The van der Waals surface area contributed by atoms with Gasteiger partial charge in [-0.3, -0.25) is 9.79 Å². The maximum absolute atomic E-state index is 11.4. The van der Waals surface area contributed by atoms with Crippen LogP contribution in [0.2, 0.25) is 0 Å². The van der Waals surface area contributed by atoms with Gasteiger partial charge in [-0.05, 0) is 31.5 Å². The van der Waals surface area contributed by atoms with Crippen molar-refractivity contribution in [3.05, 3.63) is 34.3 Å². The van der Waals surface area contributed by atoms with E-state index in [9.17, 15) is 4.79 Å². The first-order chi connectivity index (χ1) is 9.08. The standard InChI is InChI=1S/C14H15BrN2O2/c1-3-19-14(18)12(8-16)9-17-10(2)11-4-6-13(15)7-5-11/h4-7,9-10,12H,3H2,1-2H3/t10-,12-/m0/s1. The molecule has 19 heavy (non-hydrogen) atoms. The number of aliphatic imine (C=N–C) groups is 1. The van der Waals surface area contributed by atoms with E-state index in [0.717, 1.165) is 10.0 Å². The third-order valence-corrected chi connectivity index (χ3v) is 3.02. The molecular formula is C14H15BrN2O2. The van der Waals surface area contributed by atoms with Gasteiger partial charge in [0.2, 0.25) is 0 Å². The maximum atomic E-state index is 11.4. The summed E-state index contributed by atoms with van der Waals surface area (Å²) in [6, 6.07) is 9.49. The van der Waals surface area contributed by atoms with E-state index in [1.54, 1.807) is 6.92 Å². The summed E-state index contributed by atoms with van der Waals surface area (Å²) in [7, 11) is 0. The summed E-state index contributed by atoms with van der Waals surface area (Å²) in [4.78, 5) is 15.7. The van der Waals surface area contributed by atoms with Crippen molar-refractivity contribution in [3.8, 4) is 6.07 Å². The minimum Gasteiger partial charge on any atom is -0.465 e. The molecule has 0 saturated carbocycles. The molecular weight excluding hydrogens is 308 g/mol. The lowest BCUT2D eigenvalue weighted by Gasteiger charge is -2.08. The highest BCUT2D eigenvalue weighted by Gasteiger charge is 2.16. The number of carbonyl (C=O) groups is 1. The highest BCUT2D eigenvalue weighted by molar-refractivity contribution is 9.10. The van der Waals surface area contributed by atoms with Crippen LogP contribution < -0.4 is 0 Å². The third kappa shape index (κ3) is 4.84. The van der Waals surface area contributed by atoms with E-state index in [1.165, 1.54) is 6.21 Å². The number of ether oxygens (including phenoxy) is 1. The average molecular weight is 323 g/mol. The quantitative estimate of drug-likeness (QED) is 0.617. The molecule has 4 nitrogen and oxygen atoms in total. The Kier molecular flexibility index (Phi) is 6.23. The molecule has 0 unspecified atom stereocenters. The van der Waals surface area contributed by atoms with Crippen molar-refractivity contribution in [3.63, 3.8) is 0 Å². The number of hydrogen-bond donors (Lipinski definition) is 0. The number of benzene rings is 1. The van der Waals surface area contributed by atoms with Gasteiger partial charge in [-0.15, -0.1) is 0 Å². The molecule has 2 atom stereocenters. The zero-order valence-corrected chi connectivity index (χ0v) is 12.4. The van der Waals surface area contributed by atoms with Crippen LogP contribution in [0, 0.1) is 17.2 Å². The first kappa shape index (κ1) is 15.4. The topological polar surface area (TPSA) is 62.5 Å². The number of hydrogen-bond acceptors (Lipinski definition) is 4. The zero-order valence-electron chi connectivity index (χ0n) is 10.8. The van der Waals surface area contributed by atoms with Gasteiger partial charge in [0.25, 0.3) is 0 Å². The summed E-state index contributed by atoms with van der Waals surface area (Å²) in [6.07, 6.45) is 1.35. The number of halogens is 1. The van der Waals surface area contributed by atoms with E-state index < -0.39 is 11.9 Å². The molecule has 1 aromatic carbocycles. The molecule has 0 heterocycles. The Labute approximate surface area is 121 Å². The number of nitrogens with zero attached hydrogens (tertiary/aromatic N) is 2. The van der Waals surface area contributed by atoms with E-state index in [1.807, 2.05) is 37.3 Å². The van der Waals surface area contributed by atoms with Crippen LogP contribution in [-0.2, 0) is 9.53 Å². The first-order valence-corrected chi connectivity index (χ1v) is 6.72. The van der Waals surface area contributed by atoms with Crippen molar-refractivity contribution >= 4 is 28.1 Å². The maximum Gasteiger partial charge on any atom is 0.328 e. The van der Waals surface area contributed by atoms with Crippen LogP contribution in [0.15, 0.2) is 33.7 Å². The van der Waals surface area contributed by atoms with Crippen molar-refractivity contribution in [2.24, 2.45) is 10.9 Å². The largest absolute Gasteiger partial charge is 0.465 e. The van der Waals surface area contributed by atoms with Crippen molar-refractivity contribution in [2.45, 2.75) is 19.9 Å². The molecule has 5 heteroatoms. The molecule has 1 aromatic rings. The Hall–Kier alpha value is -1.67. The van der Waals surface area contributed by atoms with Crippen LogP contribution in [0.5, 0.6) is 0 Å². The van der Waals surface area contributed by atoms with Crippen molar-refractivity contribution in [2.75, 3.05) is 6.61 Å². The predicted molar refractivity (Wildman–Crippen MR) is 76.8 cm³/mol. The molecule has 0 fully saturated rings. The average Bonchev–Trinajstić information content (AvgIpc) is 2.40. The van der Waals surface area contributed by atoms with Gasteiger partial charge in [0.15, 0.2) is 5.92 Å². The predicted octanol–water partition coefficient (Wildman–Crippen LogP) is 3.28. The van der Waals surface area contributed by atoms with Gasteiger partial charge in [-0.25, -0.2) is 0 Å². The molecule has 0 bridgehead atoms. The monoisotopic (exact) mass is 322 g/mol. The second kappa shape index (κ2) is 7.70. The molecule has 1 rings (SSSR count). The second-order valence-electron chi connectivity index (χ2n) is 3.88. The molecule has 0 aliphatic carbocycles. The van der Waals surface area contributed by atoms with Crippen LogP contribution in [0.25, 0.3) is 0 Å². The van der Waals surface area contributed by atoms with Crippen molar-refractivity contribution < 1.29 is 9.53 Å². The summed E-state index contributed by atoms with van der Waals surface area (Å²) >= 11 is 3.36. The summed E-state index contributed by atoms with van der Waals surface area (Å²) in [5, 5.41) is 8.89. The smallest absolute Gasteiger partial charge is 0.328 e. The number of rotatable bonds is 5. The molecule has 0 radical (unpaired) electrons. The van der Waals surface area contributed by atoms with E-state index >= 15 is 0 Å². The van der Waals surface area contributed by atoms with E-state index in [4.69, 9.17) is 10.00 Å². The van der Waals surface area contributed by atoms with E-state index in [0.29, 0.717) is 0 Å². The van der Waals surface area contributed by atoms with Gasteiger partial charge in [0.05, 0.1) is 18.7 Å². The van der Waals surface area contributed by atoms with Crippen LogP contribution in [-0.4, -0.2) is 18.8 Å². The number of esters is 1. The molecule has 0 aliphatic heterocycles. The Morgan fingerprint density at radius 2 is 2.16 bits per heavy atom. The van der Waals surface area contributed by atoms with Gasteiger partial charge in [-0.1, -0.05) is 28.1 Å². The molecule has 0 spiro atoms. The summed E-state index contributed by atoms with van der Waals surface area (Å²) in [6.45, 7) is 3.86. The zero-order chi connectivity index (χ0) is 14.3. The fraction of sp³-hybridized carbons (Fsp3) is 0.357. The molecule has 0 saturated heterocycles. The normalized spacial score (nSPS) is 13.8. The Bertz CT molecular complexity index is 491. The fourth-order valence-corrected chi connectivity index (χ4v) is 1.69. The minimum absolute atomic E-state index is 0.113. The van der Waals surface area contributed by atoms with Crippen LogP contribution in [0.3, 0.4) is 0 Å². The van der Waals surface area contributed by atoms with Gasteiger partial charge in [0.1, 0.15) is 0 Å². The number of carbonyl (C=O) groups excluding carboxylic acids is 1. The summed E-state index contributed by atoms with van der Waals surface area (Å²) in [5.41, 5.74) is 1.01. The van der Waals surface area contributed by atoms with Crippen LogP contribution in [0.4, 0.5) is 0 Å². The van der Waals surface area contributed by atoms with Crippen LogP contribution in [0.1, 0.15) is 25.5 Å². The second-order valence-corrected chi connectivity index (χ2v) is 4.80. The van der Waals surface area contributed by atoms with Gasteiger partial charge < -0.3 is 4.74 Å². The summed E-state index contributed by atoms with van der Waals surface area (Å²) in [5.74, 6) is -1.50. The van der Waals surface area contributed by atoms with Crippen molar-refractivity contribution in [1.82, 2.24) is 0 Å². The SMILES string of the molecule is CCOC(=O)[C@@H](C#N)C=N[C@@H](C)c1ccc(Br)cc1. The Morgan fingerprint density at radius 3 is 2.68 bits per heavy atom. The van der Waals surface area contributed by atoms with E-state index in [-0.39, 0.29) is 12.6 Å². The highest BCUT2D eigenvalue weighted by atomic mass is 79.9. The lowest BCUT2D eigenvalue weighted by atomic mass is 10.1. The molecule has 0 N–H and O–H groups in total. The van der Waals surface area contributed by atoms with E-state index in [2.05, 4.69) is 20.9 Å². The van der Waals surface area contributed by atoms with Gasteiger partial charge >= 0.3 is 5.97 Å². The Morgan fingerprint density at radius 1 is 1.53 bits per heavy atom. The highest BCUT2D eigenvalue weighted by Crippen LogP contribution is 2.19. The van der Waals surface area contributed by atoms with Gasteiger partial charge in [0, 0.05) is 10.7 Å². The summed E-state index contributed by atoms with van der Waals surface area (Å²) < 4.78 is 5.78. The fourth-order valence-electron chi connectivity index (χ4n) is 1.42. The lowest BCUT2D eigenvalue weighted by molar-refractivity contribution is -0.143. The molecule has 0 aliphatic rings. The molecule has 0 aromatic heterocycles. The van der Waals surface area contributed by atoms with Gasteiger partial charge in [-0.2, -0.15) is 5.26 Å². The Balaban J connectivity index is 2.71. The number of nitriles is 1. The lowest BCUT2D eigenvalue weighted by Crippen LogP contribution is -2.17. The molecule has 100 valence electrons. The van der Waals surface area contributed by atoms with Crippen LogP contribution >= 0.6 is 15.9 Å². The molecule has 0 amide bonds. The third-order valence-electron chi connectivity index (χ3n) is 2.49. The first-order valence-electron chi connectivity index (χ1n) is 5.93. The van der Waals surface area contributed by atoms with Crippen molar-refractivity contribution in [1.29, 1.82) is 5.26 Å². The minimum atomic E-state index is -0.946.